The highest BCUT2D eigenvalue weighted by molar-refractivity contribution is 6.04. The molecule has 1 saturated heterocycles. The first kappa shape index (κ1) is 17.1. The summed E-state index contributed by atoms with van der Waals surface area (Å²) < 4.78 is 13.2. The first-order chi connectivity index (χ1) is 12.1. The highest BCUT2D eigenvalue weighted by atomic mass is 19.1. The molecule has 0 aliphatic carbocycles. The van der Waals surface area contributed by atoms with Gasteiger partial charge in [0.05, 0.1) is 17.7 Å². The van der Waals surface area contributed by atoms with Crippen LogP contribution in [0.2, 0.25) is 0 Å². The number of carbonyl (C=O) groups excluding carboxylic acids is 2. The van der Waals surface area contributed by atoms with Gasteiger partial charge >= 0.3 is 0 Å². The van der Waals surface area contributed by atoms with Gasteiger partial charge < -0.3 is 10.2 Å². The van der Waals surface area contributed by atoms with Crippen LogP contribution in [0.1, 0.15) is 35.2 Å². The Morgan fingerprint density at radius 3 is 2.52 bits per heavy atom. The number of amides is 2. The lowest BCUT2D eigenvalue weighted by molar-refractivity contribution is -0.115. The topological polar surface area (TPSA) is 49.4 Å². The molecule has 3 rings (SSSR count). The number of halogens is 1. The van der Waals surface area contributed by atoms with E-state index in [1.807, 2.05) is 4.90 Å². The zero-order chi connectivity index (χ0) is 17.6. The highest BCUT2D eigenvalue weighted by Crippen LogP contribution is 2.20. The van der Waals surface area contributed by atoms with Gasteiger partial charge in [0.2, 0.25) is 5.91 Å². The number of nitrogens with one attached hydrogen (secondary N) is 1. The quantitative estimate of drug-likeness (QED) is 0.924. The van der Waals surface area contributed by atoms with Crippen molar-refractivity contribution in [2.24, 2.45) is 0 Å². The minimum Gasteiger partial charge on any atom is -0.339 e. The first-order valence-corrected chi connectivity index (χ1v) is 8.56. The minimum atomic E-state index is -0.369. The van der Waals surface area contributed by atoms with Crippen LogP contribution in [-0.2, 0) is 11.2 Å². The van der Waals surface area contributed by atoms with E-state index in [9.17, 15) is 14.0 Å². The third-order valence-corrected chi connectivity index (χ3v) is 4.33. The van der Waals surface area contributed by atoms with E-state index >= 15 is 0 Å². The molecule has 2 aromatic rings. The van der Waals surface area contributed by atoms with Crippen LogP contribution >= 0.6 is 0 Å². The fraction of sp³-hybridized carbons (Fsp3) is 0.300. The van der Waals surface area contributed by atoms with Gasteiger partial charge in [-0.3, -0.25) is 9.59 Å². The third kappa shape index (κ3) is 4.44. The van der Waals surface area contributed by atoms with E-state index in [4.69, 9.17) is 0 Å². The number of hydrogen-bond acceptors (Lipinski definition) is 2. The number of rotatable bonds is 4. The van der Waals surface area contributed by atoms with Crippen molar-refractivity contribution in [2.45, 2.75) is 25.7 Å². The second-order valence-corrected chi connectivity index (χ2v) is 6.25. The Hall–Kier alpha value is -2.69. The SMILES string of the molecule is O=C(Cc1cccc(F)c1)Nc1ccccc1C(=O)N1CCCCC1. The summed E-state index contributed by atoms with van der Waals surface area (Å²) in [6.45, 7) is 1.51. The van der Waals surface area contributed by atoms with Crippen LogP contribution in [0.25, 0.3) is 0 Å². The molecule has 2 amide bonds. The van der Waals surface area contributed by atoms with Gasteiger partial charge in [0.15, 0.2) is 0 Å². The van der Waals surface area contributed by atoms with Gasteiger partial charge in [-0.05, 0) is 49.1 Å². The number of anilines is 1. The second kappa shape index (κ2) is 7.92. The van der Waals surface area contributed by atoms with Crippen LogP contribution < -0.4 is 5.32 Å². The molecule has 0 saturated carbocycles. The molecule has 130 valence electrons. The lowest BCUT2D eigenvalue weighted by Gasteiger charge is -2.27. The minimum absolute atomic E-state index is 0.0543. The van der Waals surface area contributed by atoms with Crippen LogP contribution in [0.5, 0.6) is 0 Å². The average molecular weight is 340 g/mol. The summed E-state index contributed by atoms with van der Waals surface area (Å²) >= 11 is 0. The third-order valence-electron chi connectivity index (χ3n) is 4.33. The summed E-state index contributed by atoms with van der Waals surface area (Å²) in [6, 6.07) is 13.0. The number of likely N-dealkylation sites (tertiary alicyclic amines) is 1. The predicted molar refractivity (Wildman–Crippen MR) is 94.9 cm³/mol. The zero-order valence-corrected chi connectivity index (χ0v) is 14.0. The Balaban J connectivity index is 1.72. The summed E-state index contributed by atoms with van der Waals surface area (Å²) in [5.74, 6) is -0.697. The number of para-hydroxylation sites is 1. The molecule has 1 fully saturated rings. The van der Waals surface area contributed by atoms with E-state index in [1.165, 1.54) is 12.1 Å². The van der Waals surface area contributed by atoms with Crippen molar-refractivity contribution < 1.29 is 14.0 Å². The van der Waals surface area contributed by atoms with Crippen LogP contribution in [0.3, 0.4) is 0 Å². The van der Waals surface area contributed by atoms with Crippen molar-refractivity contribution in [3.63, 3.8) is 0 Å². The molecular weight excluding hydrogens is 319 g/mol. The van der Waals surface area contributed by atoms with E-state index in [2.05, 4.69) is 5.32 Å². The van der Waals surface area contributed by atoms with Gasteiger partial charge in [-0.1, -0.05) is 24.3 Å². The van der Waals surface area contributed by atoms with E-state index in [0.29, 0.717) is 16.8 Å². The van der Waals surface area contributed by atoms with Crippen molar-refractivity contribution in [1.82, 2.24) is 4.90 Å². The molecule has 0 unspecified atom stereocenters. The summed E-state index contributed by atoms with van der Waals surface area (Å²) in [6.07, 6.45) is 3.24. The van der Waals surface area contributed by atoms with Gasteiger partial charge in [0.25, 0.3) is 5.91 Å². The monoisotopic (exact) mass is 340 g/mol. The predicted octanol–water partition coefficient (Wildman–Crippen LogP) is 3.63. The van der Waals surface area contributed by atoms with Gasteiger partial charge in [-0.2, -0.15) is 0 Å². The summed E-state index contributed by atoms with van der Waals surface area (Å²) in [5, 5.41) is 2.79. The first-order valence-electron chi connectivity index (χ1n) is 8.56. The molecule has 2 aromatic carbocycles. The van der Waals surface area contributed by atoms with Crippen LogP contribution in [-0.4, -0.2) is 29.8 Å². The summed E-state index contributed by atoms with van der Waals surface area (Å²) in [4.78, 5) is 26.9. The largest absolute Gasteiger partial charge is 0.339 e. The number of hydrogen-bond donors (Lipinski definition) is 1. The Kier molecular flexibility index (Phi) is 5.43. The molecule has 1 aliphatic heterocycles. The van der Waals surface area contributed by atoms with Crippen molar-refractivity contribution in [1.29, 1.82) is 0 Å². The second-order valence-electron chi connectivity index (χ2n) is 6.25. The maximum absolute atomic E-state index is 13.2. The molecule has 0 bridgehead atoms. The van der Waals surface area contributed by atoms with Crippen LogP contribution in [0.4, 0.5) is 10.1 Å². The molecule has 1 heterocycles. The maximum Gasteiger partial charge on any atom is 0.255 e. The van der Waals surface area contributed by atoms with E-state index in [-0.39, 0.29) is 24.1 Å². The number of benzene rings is 2. The Bertz CT molecular complexity index is 770. The average Bonchev–Trinajstić information content (AvgIpc) is 2.62. The molecule has 0 radical (unpaired) electrons. The molecular formula is C20H21FN2O2. The van der Waals surface area contributed by atoms with E-state index < -0.39 is 0 Å². The molecule has 1 aliphatic rings. The van der Waals surface area contributed by atoms with Gasteiger partial charge in [0, 0.05) is 13.1 Å². The molecule has 0 atom stereocenters. The van der Waals surface area contributed by atoms with E-state index in [1.54, 1.807) is 36.4 Å². The summed E-state index contributed by atoms with van der Waals surface area (Å²) in [5.41, 5.74) is 1.59. The van der Waals surface area contributed by atoms with Crippen molar-refractivity contribution in [2.75, 3.05) is 18.4 Å². The number of carbonyl (C=O) groups is 2. The van der Waals surface area contributed by atoms with E-state index in [0.717, 1.165) is 32.4 Å². The van der Waals surface area contributed by atoms with Gasteiger partial charge in [-0.25, -0.2) is 4.39 Å². The molecule has 0 spiro atoms. The van der Waals surface area contributed by atoms with Gasteiger partial charge in [0.1, 0.15) is 5.82 Å². The fourth-order valence-electron chi connectivity index (χ4n) is 3.07. The molecule has 4 nitrogen and oxygen atoms in total. The smallest absolute Gasteiger partial charge is 0.255 e. The lowest BCUT2D eigenvalue weighted by atomic mass is 10.1. The van der Waals surface area contributed by atoms with Crippen LogP contribution in [0.15, 0.2) is 48.5 Å². The van der Waals surface area contributed by atoms with Crippen molar-refractivity contribution in [3.8, 4) is 0 Å². The highest BCUT2D eigenvalue weighted by Gasteiger charge is 2.21. The Morgan fingerprint density at radius 2 is 1.76 bits per heavy atom. The number of nitrogens with zero attached hydrogens (tertiary/aromatic N) is 1. The normalized spacial score (nSPS) is 14.2. The van der Waals surface area contributed by atoms with Crippen LogP contribution in [0, 0.1) is 5.82 Å². The van der Waals surface area contributed by atoms with Gasteiger partial charge in [-0.15, -0.1) is 0 Å². The molecule has 1 N–H and O–H groups in total. The van der Waals surface area contributed by atoms with Crippen molar-refractivity contribution >= 4 is 17.5 Å². The maximum atomic E-state index is 13.2. The fourth-order valence-corrected chi connectivity index (χ4v) is 3.07. The lowest BCUT2D eigenvalue weighted by Crippen LogP contribution is -2.36. The Labute approximate surface area is 146 Å². The van der Waals surface area contributed by atoms with Crippen molar-refractivity contribution in [3.05, 3.63) is 65.5 Å². The summed E-state index contributed by atoms with van der Waals surface area (Å²) in [7, 11) is 0. The standard InChI is InChI=1S/C20H21FN2O2/c21-16-8-6-7-15(13-16)14-19(24)22-18-10-3-2-9-17(18)20(25)23-11-4-1-5-12-23/h2-3,6-10,13H,1,4-5,11-12,14H2,(H,22,24). The number of piperidine rings is 1. The Morgan fingerprint density at radius 1 is 1.00 bits per heavy atom. The zero-order valence-electron chi connectivity index (χ0n) is 14.0. The molecule has 5 heteroatoms. The molecule has 25 heavy (non-hydrogen) atoms. The molecule has 0 aromatic heterocycles.